The highest BCUT2D eigenvalue weighted by molar-refractivity contribution is 5.80. The first-order valence-electron chi connectivity index (χ1n) is 4.27. The lowest BCUT2D eigenvalue weighted by Gasteiger charge is -2.19. The van der Waals surface area contributed by atoms with Crippen molar-refractivity contribution in [1.82, 2.24) is 0 Å². The zero-order valence-corrected chi connectivity index (χ0v) is 6.93. The Morgan fingerprint density at radius 1 is 1.73 bits per heavy atom. The van der Waals surface area contributed by atoms with Crippen molar-refractivity contribution in [1.29, 1.82) is 0 Å². The molecule has 2 saturated carbocycles. The van der Waals surface area contributed by atoms with Crippen LogP contribution >= 0.6 is 0 Å². The van der Waals surface area contributed by atoms with Crippen molar-refractivity contribution < 1.29 is 9.53 Å². The van der Waals surface area contributed by atoms with E-state index in [0.29, 0.717) is 11.2 Å². The highest BCUT2D eigenvalue weighted by Gasteiger charge is 2.56. The van der Waals surface area contributed by atoms with Gasteiger partial charge in [0.2, 0.25) is 0 Å². The van der Waals surface area contributed by atoms with Crippen LogP contribution in [-0.2, 0) is 9.53 Å². The minimum absolute atomic E-state index is 0.296. The number of carbonyl (C=O) groups is 1. The Balaban J connectivity index is 2.00. The van der Waals surface area contributed by atoms with E-state index in [1.54, 1.807) is 7.11 Å². The third-order valence-electron chi connectivity index (χ3n) is 3.11. The van der Waals surface area contributed by atoms with Gasteiger partial charge in [0.15, 0.2) is 0 Å². The van der Waals surface area contributed by atoms with Gasteiger partial charge in [0, 0.05) is 25.4 Å². The molecule has 2 aliphatic carbocycles. The molecule has 62 valence electrons. The largest absolute Gasteiger partial charge is 0.384 e. The molecule has 2 fully saturated rings. The fraction of sp³-hybridized carbons (Fsp3) is 0.889. The zero-order valence-electron chi connectivity index (χ0n) is 6.93. The molecular weight excluding hydrogens is 140 g/mol. The van der Waals surface area contributed by atoms with Crippen molar-refractivity contribution in [3.8, 4) is 0 Å². The summed E-state index contributed by atoms with van der Waals surface area (Å²) in [6.45, 7) is 0.795. The molecule has 2 rings (SSSR count). The van der Waals surface area contributed by atoms with Crippen molar-refractivity contribution in [2.24, 2.45) is 11.3 Å². The maximum atomic E-state index is 11.1. The zero-order chi connectivity index (χ0) is 7.90. The molecule has 0 saturated heterocycles. The van der Waals surface area contributed by atoms with Crippen LogP contribution in [0.15, 0.2) is 0 Å². The van der Waals surface area contributed by atoms with E-state index in [4.69, 9.17) is 4.74 Å². The first-order chi connectivity index (χ1) is 5.27. The Morgan fingerprint density at radius 2 is 2.55 bits per heavy atom. The van der Waals surface area contributed by atoms with Crippen LogP contribution in [0.4, 0.5) is 0 Å². The van der Waals surface area contributed by atoms with Crippen molar-refractivity contribution in [3.63, 3.8) is 0 Å². The molecule has 2 atom stereocenters. The molecule has 0 spiro atoms. The molecule has 0 N–H and O–H groups in total. The number of ether oxygens (including phenoxy) is 1. The van der Waals surface area contributed by atoms with Gasteiger partial charge in [-0.2, -0.15) is 0 Å². The second-order valence-electron chi connectivity index (χ2n) is 3.95. The third kappa shape index (κ3) is 1.09. The van der Waals surface area contributed by atoms with Crippen molar-refractivity contribution >= 4 is 5.78 Å². The van der Waals surface area contributed by atoms with Crippen LogP contribution in [0, 0.1) is 11.3 Å². The predicted octanol–water partition coefficient (Wildman–Crippen LogP) is 1.39. The number of methoxy groups -OCH3 is 1. The smallest absolute Gasteiger partial charge is 0.133 e. The van der Waals surface area contributed by atoms with Crippen LogP contribution in [0.25, 0.3) is 0 Å². The van der Waals surface area contributed by atoms with Gasteiger partial charge >= 0.3 is 0 Å². The van der Waals surface area contributed by atoms with E-state index in [9.17, 15) is 4.79 Å². The summed E-state index contributed by atoms with van der Waals surface area (Å²) in [5.74, 6) is 1.25. The van der Waals surface area contributed by atoms with Gasteiger partial charge in [-0.25, -0.2) is 0 Å². The molecule has 11 heavy (non-hydrogen) atoms. The summed E-state index contributed by atoms with van der Waals surface area (Å²) < 4.78 is 5.12. The highest BCUT2D eigenvalue weighted by atomic mass is 16.5. The van der Waals surface area contributed by atoms with E-state index in [1.807, 2.05) is 0 Å². The Morgan fingerprint density at radius 3 is 3.27 bits per heavy atom. The van der Waals surface area contributed by atoms with Crippen LogP contribution in [0.2, 0.25) is 0 Å². The summed E-state index contributed by atoms with van der Waals surface area (Å²) in [4.78, 5) is 11.1. The lowest BCUT2D eigenvalue weighted by Crippen LogP contribution is -2.21. The number of Topliss-reactive ketones (excluding diaryl/α,β-unsaturated/α-hetero) is 1. The van der Waals surface area contributed by atoms with Gasteiger partial charge in [-0.3, -0.25) is 4.79 Å². The first-order valence-corrected chi connectivity index (χ1v) is 4.27. The quantitative estimate of drug-likeness (QED) is 0.600. The van der Waals surface area contributed by atoms with Crippen LogP contribution in [0.5, 0.6) is 0 Å². The maximum Gasteiger partial charge on any atom is 0.133 e. The van der Waals surface area contributed by atoms with Crippen molar-refractivity contribution in [2.75, 3.05) is 13.7 Å². The molecule has 2 nitrogen and oxygen atoms in total. The normalized spacial score (nSPS) is 41.9. The van der Waals surface area contributed by atoms with Crippen LogP contribution < -0.4 is 0 Å². The van der Waals surface area contributed by atoms with Gasteiger partial charge < -0.3 is 4.74 Å². The van der Waals surface area contributed by atoms with Crippen LogP contribution in [0.3, 0.4) is 0 Å². The average molecular weight is 154 g/mol. The molecule has 0 aromatic heterocycles. The molecule has 0 radical (unpaired) electrons. The molecule has 0 aliphatic heterocycles. The molecule has 0 aromatic rings. The molecule has 2 unspecified atom stereocenters. The predicted molar refractivity (Wildman–Crippen MR) is 41.3 cm³/mol. The Labute approximate surface area is 66.9 Å². The third-order valence-corrected chi connectivity index (χ3v) is 3.11. The topological polar surface area (TPSA) is 26.3 Å². The standard InChI is InChI=1S/C9H14O2/c1-11-6-9-4-7(9)2-3-8(10)5-9/h7H,2-6H2,1H3. The summed E-state index contributed by atoms with van der Waals surface area (Å²) in [5.41, 5.74) is 0.296. The van der Waals surface area contributed by atoms with Crippen LogP contribution in [0.1, 0.15) is 25.7 Å². The number of hydrogen-bond acceptors (Lipinski definition) is 2. The number of carbonyl (C=O) groups excluding carboxylic acids is 1. The van der Waals surface area contributed by atoms with Crippen LogP contribution in [-0.4, -0.2) is 19.5 Å². The Kier molecular flexibility index (Phi) is 1.53. The molecule has 0 amide bonds. The summed E-state index contributed by atoms with van der Waals surface area (Å²) in [6.07, 6.45) is 3.94. The van der Waals surface area contributed by atoms with Crippen molar-refractivity contribution in [3.05, 3.63) is 0 Å². The summed E-state index contributed by atoms with van der Waals surface area (Å²) >= 11 is 0. The van der Waals surface area contributed by atoms with Gasteiger partial charge in [-0.15, -0.1) is 0 Å². The molecule has 0 aromatic carbocycles. The Bertz CT molecular complexity index is 188. The maximum absolute atomic E-state index is 11.1. The fourth-order valence-electron chi connectivity index (χ4n) is 2.39. The second-order valence-corrected chi connectivity index (χ2v) is 3.95. The molecule has 2 aliphatic rings. The monoisotopic (exact) mass is 154 g/mol. The van der Waals surface area contributed by atoms with E-state index in [1.165, 1.54) is 6.42 Å². The van der Waals surface area contributed by atoms with E-state index in [2.05, 4.69) is 0 Å². The minimum Gasteiger partial charge on any atom is -0.384 e. The summed E-state index contributed by atoms with van der Waals surface area (Å²) in [7, 11) is 1.73. The average Bonchev–Trinajstić information content (AvgIpc) is 2.62. The lowest BCUT2D eigenvalue weighted by atomic mass is 9.88. The van der Waals surface area contributed by atoms with E-state index >= 15 is 0 Å². The van der Waals surface area contributed by atoms with E-state index < -0.39 is 0 Å². The molecule has 2 heteroatoms. The summed E-state index contributed by atoms with van der Waals surface area (Å²) in [5, 5.41) is 0. The fourth-order valence-corrected chi connectivity index (χ4v) is 2.39. The van der Waals surface area contributed by atoms with Gasteiger partial charge in [0.25, 0.3) is 0 Å². The number of fused-ring (bicyclic) bond motifs is 1. The second kappa shape index (κ2) is 2.31. The molecule has 0 bridgehead atoms. The SMILES string of the molecule is COCC12CC(=O)CCC1C2. The molecular formula is C9H14O2. The summed E-state index contributed by atoms with van der Waals surface area (Å²) in [6, 6.07) is 0. The minimum atomic E-state index is 0.296. The van der Waals surface area contributed by atoms with E-state index in [0.717, 1.165) is 31.8 Å². The molecule has 0 heterocycles. The number of ketones is 1. The van der Waals surface area contributed by atoms with Gasteiger partial charge in [0.1, 0.15) is 5.78 Å². The lowest BCUT2D eigenvalue weighted by molar-refractivity contribution is -0.122. The van der Waals surface area contributed by atoms with Gasteiger partial charge in [0.05, 0.1) is 6.61 Å². The van der Waals surface area contributed by atoms with Gasteiger partial charge in [-0.05, 0) is 18.8 Å². The Hall–Kier alpha value is -0.370. The van der Waals surface area contributed by atoms with Gasteiger partial charge in [-0.1, -0.05) is 0 Å². The first kappa shape index (κ1) is 7.29. The highest BCUT2D eigenvalue weighted by Crippen LogP contribution is 2.60. The number of hydrogen-bond donors (Lipinski definition) is 0. The van der Waals surface area contributed by atoms with Crippen molar-refractivity contribution in [2.45, 2.75) is 25.7 Å². The number of rotatable bonds is 2. The van der Waals surface area contributed by atoms with E-state index in [-0.39, 0.29) is 0 Å².